The summed E-state index contributed by atoms with van der Waals surface area (Å²) in [6.07, 6.45) is 6.40. The first kappa shape index (κ1) is 28.1. The van der Waals surface area contributed by atoms with E-state index in [2.05, 4.69) is 30.3 Å². The molecule has 0 aliphatic rings. The van der Waals surface area contributed by atoms with E-state index in [1.54, 1.807) is 0 Å². The first-order valence-corrected chi connectivity index (χ1v) is 14.2. The second kappa shape index (κ2) is 14.9. The molecule has 1 aromatic heterocycles. The highest BCUT2D eigenvalue weighted by molar-refractivity contribution is 8.16. The number of halogens is 1. The van der Waals surface area contributed by atoms with E-state index in [0.29, 0.717) is 17.9 Å². The highest BCUT2D eigenvalue weighted by Gasteiger charge is 2.14. The largest absolute Gasteiger partial charge is 0.469 e. The zero-order valence-corrected chi connectivity index (χ0v) is 22.8. The SMILES string of the molecule is COC(=O)CCCSC(SCCCC(=O)OC)c1cccc(/C=C/c2ccc3ccc(Cl)cc3n2)c1. The van der Waals surface area contributed by atoms with Crippen molar-refractivity contribution in [3.8, 4) is 0 Å². The number of nitrogens with zero attached hydrogens (tertiary/aromatic N) is 1. The van der Waals surface area contributed by atoms with Crippen LogP contribution < -0.4 is 0 Å². The van der Waals surface area contributed by atoms with Gasteiger partial charge in [0.1, 0.15) is 0 Å². The molecule has 0 unspecified atom stereocenters. The molecule has 0 aliphatic heterocycles. The van der Waals surface area contributed by atoms with Gasteiger partial charge in [0.25, 0.3) is 0 Å². The van der Waals surface area contributed by atoms with Crippen molar-refractivity contribution < 1.29 is 19.1 Å². The molecule has 0 N–H and O–H groups in total. The maximum Gasteiger partial charge on any atom is 0.305 e. The molecular weight excluding hydrogens is 514 g/mol. The van der Waals surface area contributed by atoms with Crippen LogP contribution in [0, 0.1) is 0 Å². The monoisotopic (exact) mass is 543 g/mol. The molecule has 190 valence electrons. The van der Waals surface area contributed by atoms with Gasteiger partial charge in [0.05, 0.1) is 30.0 Å². The predicted molar refractivity (Wildman–Crippen MR) is 152 cm³/mol. The van der Waals surface area contributed by atoms with E-state index >= 15 is 0 Å². The van der Waals surface area contributed by atoms with Crippen molar-refractivity contribution in [3.63, 3.8) is 0 Å². The maximum atomic E-state index is 11.5. The summed E-state index contributed by atoms with van der Waals surface area (Å²) in [6, 6.07) is 18.2. The standard InChI is InChI=1S/C28H30ClNO4S2/c1-33-26(31)8-4-16-35-28(36-17-5-9-27(32)34-2)22-7-3-6-20(18-22)10-14-24-15-12-21-11-13-23(29)19-25(21)30-24/h3,6-7,10-15,18-19,28H,4-5,8-9,16-17H2,1-2H3/b14-10+. The number of aromatic nitrogens is 1. The fourth-order valence-corrected chi connectivity index (χ4v) is 6.31. The van der Waals surface area contributed by atoms with Crippen LogP contribution in [0.25, 0.3) is 23.1 Å². The van der Waals surface area contributed by atoms with Crippen LogP contribution in [0.1, 0.15) is 47.1 Å². The lowest BCUT2D eigenvalue weighted by Crippen LogP contribution is -2.02. The zero-order chi connectivity index (χ0) is 25.8. The Kier molecular flexibility index (Phi) is 11.7. The number of fused-ring (bicyclic) bond motifs is 1. The molecule has 0 bridgehead atoms. The molecule has 0 spiro atoms. The van der Waals surface area contributed by atoms with Crippen molar-refractivity contribution in [1.82, 2.24) is 4.98 Å². The molecule has 0 saturated heterocycles. The molecule has 1 heterocycles. The van der Waals surface area contributed by atoms with Gasteiger partial charge >= 0.3 is 11.9 Å². The van der Waals surface area contributed by atoms with E-state index in [-0.39, 0.29) is 16.5 Å². The molecule has 8 heteroatoms. The van der Waals surface area contributed by atoms with Crippen molar-refractivity contribution >= 4 is 70.1 Å². The summed E-state index contributed by atoms with van der Waals surface area (Å²) < 4.78 is 9.68. The van der Waals surface area contributed by atoms with Crippen LogP contribution in [-0.4, -0.2) is 42.6 Å². The van der Waals surface area contributed by atoms with E-state index < -0.39 is 0 Å². The first-order valence-electron chi connectivity index (χ1n) is 11.7. The van der Waals surface area contributed by atoms with Crippen LogP contribution in [0.15, 0.2) is 54.6 Å². The normalized spacial score (nSPS) is 11.3. The summed E-state index contributed by atoms with van der Waals surface area (Å²) in [5.41, 5.74) is 4.00. The van der Waals surface area contributed by atoms with Crippen molar-refractivity contribution in [1.29, 1.82) is 0 Å². The van der Waals surface area contributed by atoms with Gasteiger partial charge in [-0.05, 0) is 65.8 Å². The predicted octanol–water partition coefficient (Wildman–Crippen LogP) is 7.43. The molecule has 3 rings (SSSR count). The summed E-state index contributed by atoms with van der Waals surface area (Å²) >= 11 is 9.74. The average Bonchev–Trinajstić information content (AvgIpc) is 2.90. The van der Waals surface area contributed by atoms with Gasteiger partial charge in [0.2, 0.25) is 0 Å². The minimum atomic E-state index is -0.186. The minimum absolute atomic E-state index is 0.186. The Morgan fingerprint density at radius 3 is 2.25 bits per heavy atom. The van der Waals surface area contributed by atoms with Gasteiger partial charge in [0.15, 0.2) is 0 Å². The van der Waals surface area contributed by atoms with E-state index in [1.165, 1.54) is 19.8 Å². The van der Waals surface area contributed by atoms with Crippen LogP contribution in [-0.2, 0) is 19.1 Å². The van der Waals surface area contributed by atoms with Gasteiger partial charge in [-0.15, -0.1) is 23.5 Å². The molecule has 2 aromatic carbocycles. The number of pyridine rings is 1. The number of carbonyl (C=O) groups is 2. The first-order chi connectivity index (χ1) is 17.5. The van der Waals surface area contributed by atoms with Crippen molar-refractivity contribution in [2.45, 2.75) is 30.3 Å². The van der Waals surface area contributed by atoms with Crippen LogP contribution >= 0.6 is 35.1 Å². The van der Waals surface area contributed by atoms with Gasteiger partial charge in [-0.1, -0.05) is 48.0 Å². The van der Waals surface area contributed by atoms with Crippen molar-refractivity contribution in [3.05, 3.63) is 76.4 Å². The number of hydrogen-bond acceptors (Lipinski definition) is 7. The van der Waals surface area contributed by atoms with E-state index in [0.717, 1.165) is 46.5 Å². The molecule has 0 saturated carbocycles. The Bertz CT molecular complexity index is 1180. The highest BCUT2D eigenvalue weighted by Crippen LogP contribution is 2.40. The lowest BCUT2D eigenvalue weighted by Gasteiger charge is -2.17. The summed E-state index contributed by atoms with van der Waals surface area (Å²) in [5, 5.41) is 1.72. The number of thioether (sulfide) groups is 2. The number of methoxy groups -OCH3 is 2. The average molecular weight is 544 g/mol. The summed E-state index contributed by atoms with van der Waals surface area (Å²) in [7, 11) is 2.83. The summed E-state index contributed by atoms with van der Waals surface area (Å²) in [4.78, 5) is 27.6. The summed E-state index contributed by atoms with van der Waals surface area (Å²) in [5.74, 6) is 1.31. The molecule has 5 nitrogen and oxygen atoms in total. The molecule has 0 radical (unpaired) electrons. The fraction of sp³-hybridized carbons (Fsp3) is 0.321. The molecular formula is C28H30ClNO4S2. The van der Waals surface area contributed by atoms with E-state index in [9.17, 15) is 9.59 Å². The van der Waals surface area contributed by atoms with E-state index in [1.807, 2.05) is 59.9 Å². The van der Waals surface area contributed by atoms with Gasteiger partial charge in [-0.25, -0.2) is 4.98 Å². The highest BCUT2D eigenvalue weighted by atomic mass is 35.5. The Labute approximate surface area is 226 Å². The number of ether oxygens (including phenoxy) is 2. The quantitative estimate of drug-likeness (QED) is 0.126. The maximum absolute atomic E-state index is 11.5. The lowest BCUT2D eigenvalue weighted by molar-refractivity contribution is -0.141. The number of esters is 2. The van der Waals surface area contributed by atoms with Crippen LogP contribution in [0.5, 0.6) is 0 Å². The van der Waals surface area contributed by atoms with E-state index in [4.69, 9.17) is 26.1 Å². The van der Waals surface area contributed by atoms with Crippen molar-refractivity contribution in [2.24, 2.45) is 0 Å². The number of benzene rings is 2. The molecule has 0 fully saturated rings. The molecule has 0 aliphatic carbocycles. The van der Waals surface area contributed by atoms with Crippen LogP contribution in [0.4, 0.5) is 0 Å². The number of hydrogen-bond donors (Lipinski definition) is 0. The third kappa shape index (κ3) is 9.19. The summed E-state index contributed by atoms with van der Waals surface area (Å²) in [6.45, 7) is 0. The van der Waals surface area contributed by atoms with Crippen LogP contribution in [0.2, 0.25) is 5.02 Å². The third-order valence-corrected chi connectivity index (χ3v) is 8.60. The topological polar surface area (TPSA) is 65.5 Å². The Hall–Kier alpha value is -2.48. The van der Waals surface area contributed by atoms with Gasteiger partial charge in [0, 0.05) is 23.3 Å². The molecule has 3 aromatic rings. The van der Waals surface area contributed by atoms with Gasteiger partial charge in [-0.3, -0.25) is 9.59 Å². The number of carbonyl (C=O) groups excluding carboxylic acids is 2. The number of rotatable bonds is 13. The zero-order valence-electron chi connectivity index (χ0n) is 20.4. The van der Waals surface area contributed by atoms with Gasteiger partial charge in [-0.2, -0.15) is 0 Å². The fourth-order valence-electron chi connectivity index (χ4n) is 3.45. The lowest BCUT2D eigenvalue weighted by atomic mass is 10.1. The Morgan fingerprint density at radius 2 is 1.58 bits per heavy atom. The Morgan fingerprint density at radius 1 is 0.917 bits per heavy atom. The minimum Gasteiger partial charge on any atom is -0.469 e. The second-order valence-corrected chi connectivity index (χ2v) is 11.2. The smallest absolute Gasteiger partial charge is 0.305 e. The second-order valence-electron chi connectivity index (χ2n) is 8.01. The molecule has 0 atom stereocenters. The molecule has 36 heavy (non-hydrogen) atoms. The van der Waals surface area contributed by atoms with Crippen molar-refractivity contribution in [2.75, 3.05) is 25.7 Å². The molecule has 0 amide bonds. The Balaban J connectivity index is 1.69. The van der Waals surface area contributed by atoms with Crippen LogP contribution in [0.3, 0.4) is 0 Å². The third-order valence-electron chi connectivity index (χ3n) is 5.35. The van der Waals surface area contributed by atoms with Gasteiger partial charge < -0.3 is 9.47 Å².